The predicted octanol–water partition coefficient (Wildman–Crippen LogP) is 4.33. The Morgan fingerprint density at radius 3 is 2.89 bits per heavy atom. The van der Waals surface area contributed by atoms with E-state index in [2.05, 4.69) is 4.98 Å². The lowest BCUT2D eigenvalue weighted by Gasteiger charge is -2.20. The molecule has 2 aromatic rings. The van der Waals surface area contributed by atoms with E-state index in [9.17, 15) is 9.18 Å². The monoisotopic (exact) mass is 366 g/mol. The van der Waals surface area contributed by atoms with E-state index in [1.54, 1.807) is 12.1 Å². The number of rotatable bonds is 6. The van der Waals surface area contributed by atoms with Gasteiger partial charge in [-0.25, -0.2) is 9.37 Å². The van der Waals surface area contributed by atoms with E-state index in [0.717, 1.165) is 30.5 Å². The first kappa shape index (κ1) is 18.6. The van der Waals surface area contributed by atoms with Gasteiger partial charge in [0.15, 0.2) is 0 Å². The van der Waals surface area contributed by atoms with Crippen molar-refractivity contribution in [2.45, 2.75) is 32.3 Å². The number of halogens is 1. The fraction of sp³-hybridized carbons (Fsp3) is 0.286. The van der Waals surface area contributed by atoms with Crippen LogP contribution in [0.15, 0.2) is 42.5 Å². The molecule has 0 aliphatic heterocycles. The molecule has 0 bridgehead atoms. The van der Waals surface area contributed by atoms with Crippen molar-refractivity contribution in [1.29, 1.82) is 5.26 Å². The zero-order valence-corrected chi connectivity index (χ0v) is 14.7. The minimum absolute atomic E-state index is 0.0216. The van der Waals surface area contributed by atoms with Crippen LogP contribution in [0.4, 0.5) is 4.39 Å². The van der Waals surface area contributed by atoms with Gasteiger partial charge in [-0.3, -0.25) is 4.79 Å². The molecule has 0 saturated carbocycles. The molecule has 1 atom stereocenters. The van der Waals surface area contributed by atoms with Crippen LogP contribution in [0, 0.1) is 23.1 Å². The third kappa shape index (κ3) is 4.91. The molecule has 27 heavy (non-hydrogen) atoms. The van der Waals surface area contributed by atoms with Crippen molar-refractivity contribution in [1.82, 2.24) is 4.98 Å². The van der Waals surface area contributed by atoms with Gasteiger partial charge in [-0.2, -0.15) is 5.26 Å². The number of ether oxygens (including phenoxy) is 1. The number of aliphatic carboxylic acids is 1. The molecule has 5 nitrogen and oxygen atoms in total. The number of nitriles is 1. The van der Waals surface area contributed by atoms with Gasteiger partial charge < -0.3 is 9.84 Å². The van der Waals surface area contributed by atoms with Crippen LogP contribution in [0.25, 0.3) is 5.57 Å². The molecule has 1 N–H and O–H groups in total. The van der Waals surface area contributed by atoms with Crippen LogP contribution in [0.2, 0.25) is 0 Å². The van der Waals surface area contributed by atoms with Gasteiger partial charge in [-0.15, -0.1) is 0 Å². The first-order valence-electron chi connectivity index (χ1n) is 8.74. The summed E-state index contributed by atoms with van der Waals surface area (Å²) >= 11 is 0. The van der Waals surface area contributed by atoms with Gasteiger partial charge >= 0.3 is 5.97 Å². The number of nitrogens with zero attached hydrogens (tertiary/aromatic N) is 2. The van der Waals surface area contributed by atoms with Crippen molar-refractivity contribution in [3.05, 3.63) is 65.1 Å². The van der Waals surface area contributed by atoms with Crippen molar-refractivity contribution >= 4 is 11.5 Å². The van der Waals surface area contributed by atoms with E-state index in [1.807, 2.05) is 24.3 Å². The first-order valence-corrected chi connectivity index (χ1v) is 8.74. The third-order valence-electron chi connectivity index (χ3n) is 4.59. The number of carboxylic acids is 1. The van der Waals surface area contributed by atoms with Crippen LogP contribution < -0.4 is 4.74 Å². The molecule has 1 aliphatic carbocycles. The minimum Gasteiger partial charge on any atom is -0.481 e. The summed E-state index contributed by atoms with van der Waals surface area (Å²) in [5.41, 5.74) is 2.49. The fourth-order valence-electron chi connectivity index (χ4n) is 3.11. The number of allylic oxidation sites excluding steroid dienone is 2. The highest BCUT2D eigenvalue weighted by molar-refractivity contribution is 5.68. The van der Waals surface area contributed by atoms with Gasteiger partial charge in [0.2, 0.25) is 5.88 Å². The van der Waals surface area contributed by atoms with Crippen LogP contribution in [0.5, 0.6) is 5.88 Å². The minimum atomic E-state index is -0.764. The van der Waals surface area contributed by atoms with Crippen LogP contribution in [0.1, 0.15) is 42.5 Å². The Balaban J connectivity index is 1.65. The Morgan fingerprint density at radius 1 is 1.37 bits per heavy atom. The topological polar surface area (TPSA) is 83.2 Å². The summed E-state index contributed by atoms with van der Waals surface area (Å²) in [7, 11) is 0. The summed E-state index contributed by atoms with van der Waals surface area (Å²) < 4.78 is 19.5. The summed E-state index contributed by atoms with van der Waals surface area (Å²) in [6.45, 7) is 0.0216. The van der Waals surface area contributed by atoms with E-state index in [4.69, 9.17) is 15.1 Å². The Hall–Kier alpha value is -3.20. The van der Waals surface area contributed by atoms with E-state index in [1.165, 1.54) is 12.1 Å². The maximum atomic E-state index is 13.9. The zero-order chi connectivity index (χ0) is 19.2. The normalized spacial score (nSPS) is 16.3. The van der Waals surface area contributed by atoms with Crippen LogP contribution in [-0.4, -0.2) is 16.1 Å². The second-order valence-corrected chi connectivity index (χ2v) is 6.54. The maximum absolute atomic E-state index is 13.9. The Kier molecular flexibility index (Phi) is 5.82. The summed E-state index contributed by atoms with van der Waals surface area (Å²) in [6, 6.07) is 11.6. The Bertz CT molecular complexity index is 918. The average Bonchev–Trinajstić information content (AvgIpc) is 2.67. The van der Waals surface area contributed by atoms with E-state index in [-0.39, 0.29) is 24.5 Å². The quantitative estimate of drug-likeness (QED) is 0.823. The van der Waals surface area contributed by atoms with Crippen LogP contribution in [0.3, 0.4) is 0 Å². The van der Waals surface area contributed by atoms with E-state index >= 15 is 0 Å². The molecular formula is C21H19FN2O3. The molecule has 138 valence electrons. The van der Waals surface area contributed by atoms with Gasteiger partial charge in [0.1, 0.15) is 12.4 Å². The zero-order valence-electron chi connectivity index (χ0n) is 14.7. The number of carboxylic acid groups (broad SMARTS) is 1. The average molecular weight is 366 g/mol. The SMILES string of the molecule is N#Cc1ccc(COc2cccc(C3=CCC(CC(=O)O)CC3)n2)c(F)c1. The molecule has 6 heteroatoms. The largest absolute Gasteiger partial charge is 0.481 e. The molecule has 0 amide bonds. The number of benzene rings is 1. The summed E-state index contributed by atoms with van der Waals surface area (Å²) in [5.74, 6) is -0.681. The molecule has 3 rings (SSSR count). The smallest absolute Gasteiger partial charge is 0.303 e. The third-order valence-corrected chi connectivity index (χ3v) is 4.59. The van der Waals surface area contributed by atoms with Gasteiger partial charge in [0, 0.05) is 18.1 Å². The van der Waals surface area contributed by atoms with Crippen molar-refractivity contribution in [3.8, 4) is 11.9 Å². The van der Waals surface area contributed by atoms with E-state index < -0.39 is 11.8 Å². The molecule has 0 fully saturated rings. The summed E-state index contributed by atoms with van der Waals surface area (Å²) in [5, 5.41) is 17.7. The maximum Gasteiger partial charge on any atom is 0.303 e. The fourth-order valence-corrected chi connectivity index (χ4v) is 3.11. The van der Waals surface area contributed by atoms with Crippen LogP contribution in [-0.2, 0) is 11.4 Å². The molecule has 0 saturated heterocycles. The lowest BCUT2D eigenvalue weighted by Crippen LogP contribution is -2.11. The molecule has 1 heterocycles. The molecule has 1 aromatic heterocycles. The van der Waals surface area contributed by atoms with Crippen molar-refractivity contribution < 1.29 is 19.0 Å². The second kappa shape index (κ2) is 8.45. The second-order valence-electron chi connectivity index (χ2n) is 6.54. The highest BCUT2D eigenvalue weighted by atomic mass is 19.1. The molecular weight excluding hydrogens is 347 g/mol. The van der Waals surface area contributed by atoms with Crippen molar-refractivity contribution in [2.24, 2.45) is 5.92 Å². The predicted molar refractivity (Wildman–Crippen MR) is 97.3 cm³/mol. The number of pyridine rings is 1. The molecule has 0 spiro atoms. The van der Waals surface area contributed by atoms with Crippen LogP contribution >= 0.6 is 0 Å². The lowest BCUT2D eigenvalue weighted by atomic mass is 9.86. The number of aromatic nitrogens is 1. The highest BCUT2D eigenvalue weighted by Crippen LogP contribution is 2.31. The van der Waals surface area contributed by atoms with Gasteiger partial charge in [0.25, 0.3) is 0 Å². The molecule has 1 aliphatic rings. The lowest BCUT2D eigenvalue weighted by molar-refractivity contribution is -0.138. The van der Waals surface area contributed by atoms with E-state index in [0.29, 0.717) is 11.4 Å². The molecule has 1 aromatic carbocycles. The summed E-state index contributed by atoms with van der Waals surface area (Å²) in [6.07, 6.45) is 4.56. The molecule has 0 radical (unpaired) electrons. The van der Waals surface area contributed by atoms with Gasteiger partial charge in [-0.1, -0.05) is 18.2 Å². The van der Waals surface area contributed by atoms with Crippen molar-refractivity contribution in [3.63, 3.8) is 0 Å². The number of hydrogen-bond acceptors (Lipinski definition) is 4. The Morgan fingerprint density at radius 2 is 2.22 bits per heavy atom. The van der Waals surface area contributed by atoms with Crippen molar-refractivity contribution in [2.75, 3.05) is 0 Å². The Labute approximate surface area is 156 Å². The molecule has 1 unspecified atom stereocenters. The summed E-state index contributed by atoms with van der Waals surface area (Å²) in [4.78, 5) is 15.3. The first-order chi connectivity index (χ1) is 13.0. The van der Waals surface area contributed by atoms with Gasteiger partial charge in [-0.05, 0) is 49.0 Å². The number of hydrogen-bond donors (Lipinski definition) is 1. The van der Waals surface area contributed by atoms with Gasteiger partial charge in [0.05, 0.1) is 17.3 Å². The standard InChI is InChI=1S/C21H19FN2O3/c22-18-10-15(12-23)6-9-17(18)13-27-20-3-1-2-19(24-20)16-7-4-14(5-8-16)11-21(25)26/h1-3,6-7,9-10,14H,4-5,8,11,13H2,(H,25,26). The number of carbonyl (C=O) groups is 1. The highest BCUT2D eigenvalue weighted by Gasteiger charge is 2.18.